The molecule has 0 spiro atoms. The molecule has 1 aromatic heterocycles. The van der Waals surface area contributed by atoms with E-state index in [-0.39, 0.29) is 5.91 Å². The Bertz CT molecular complexity index is 558. The van der Waals surface area contributed by atoms with Crippen molar-refractivity contribution in [3.8, 4) is 0 Å². The van der Waals surface area contributed by atoms with Crippen molar-refractivity contribution < 1.29 is 4.79 Å². The number of amides is 1. The van der Waals surface area contributed by atoms with Gasteiger partial charge in [-0.3, -0.25) is 4.79 Å². The molecule has 94 valence electrons. The monoisotopic (exact) mass is 260 g/mol. The summed E-state index contributed by atoms with van der Waals surface area (Å²) in [6.45, 7) is 0. The molecule has 18 heavy (non-hydrogen) atoms. The molecule has 1 aromatic carbocycles. The summed E-state index contributed by atoms with van der Waals surface area (Å²) in [6.07, 6.45) is 6.00. The maximum absolute atomic E-state index is 12.3. The average molecular weight is 260 g/mol. The summed E-state index contributed by atoms with van der Waals surface area (Å²) in [5.74, 6) is 0.0525. The maximum atomic E-state index is 12.3. The number of hydrogen-bond acceptors (Lipinski definition) is 3. The zero-order chi connectivity index (χ0) is 12.4. The normalized spacial score (nSPS) is 16.9. The van der Waals surface area contributed by atoms with E-state index < -0.39 is 0 Å². The summed E-state index contributed by atoms with van der Waals surface area (Å²) in [5, 5.41) is 3.16. The lowest BCUT2D eigenvalue weighted by Crippen LogP contribution is -2.36. The molecule has 0 unspecified atom stereocenters. The number of hydrogen-bond donors (Lipinski definition) is 1. The lowest BCUT2D eigenvalue weighted by atomic mass is 9.95. The second kappa shape index (κ2) is 5.06. The molecular weight excluding hydrogens is 244 g/mol. The molecule has 1 N–H and O–H groups in total. The van der Waals surface area contributed by atoms with Gasteiger partial charge in [0.1, 0.15) is 0 Å². The fourth-order valence-corrected chi connectivity index (χ4v) is 3.38. The van der Waals surface area contributed by atoms with Crippen LogP contribution in [0.1, 0.15) is 42.5 Å². The third-order valence-corrected chi connectivity index (χ3v) is 4.42. The summed E-state index contributed by atoms with van der Waals surface area (Å²) in [6, 6.07) is 6.09. The highest BCUT2D eigenvalue weighted by molar-refractivity contribution is 7.17. The SMILES string of the molecule is O=C(NC1CCCCC1)c1cccc2ncsc12. The van der Waals surface area contributed by atoms with Crippen molar-refractivity contribution in [2.24, 2.45) is 0 Å². The maximum Gasteiger partial charge on any atom is 0.253 e. The number of benzene rings is 1. The Morgan fingerprint density at radius 3 is 2.94 bits per heavy atom. The van der Waals surface area contributed by atoms with E-state index >= 15 is 0 Å². The molecule has 1 aliphatic carbocycles. The molecule has 2 aromatic rings. The predicted molar refractivity (Wildman–Crippen MR) is 74.0 cm³/mol. The van der Waals surface area contributed by atoms with Gasteiger partial charge in [0, 0.05) is 6.04 Å². The van der Waals surface area contributed by atoms with Gasteiger partial charge in [-0.05, 0) is 25.0 Å². The molecule has 1 heterocycles. The number of nitrogens with one attached hydrogen (secondary N) is 1. The third kappa shape index (κ3) is 2.25. The molecule has 1 fully saturated rings. The Morgan fingerprint density at radius 2 is 2.11 bits per heavy atom. The lowest BCUT2D eigenvalue weighted by molar-refractivity contribution is 0.0929. The van der Waals surface area contributed by atoms with Crippen molar-refractivity contribution in [3.05, 3.63) is 29.3 Å². The van der Waals surface area contributed by atoms with Gasteiger partial charge in [-0.25, -0.2) is 4.98 Å². The molecule has 0 bridgehead atoms. The largest absolute Gasteiger partial charge is 0.349 e. The number of thiazole rings is 1. The van der Waals surface area contributed by atoms with Crippen molar-refractivity contribution in [2.45, 2.75) is 38.1 Å². The molecule has 3 rings (SSSR count). The third-order valence-electron chi connectivity index (χ3n) is 3.54. The van der Waals surface area contributed by atoms with Gasteiger partial charge in [0.05, 0.1) is 21.3 Å². The minimum absolute atomic E-state index is 0.0525. The molecule has 4 heteroatoms. The topological polar surface area (TPSA) is 42.0 Å². The molecule has 1 amide bonds. The molecule has 3 nitrogen and oxygen atoms in total. The van der Waals surface area contributed by atoms with Crippen molar-refractivity contribution >= 4 is 27.5 Å². The first-order valence-electron chi connectivity index (χ1n) is 6.47. The standard InChI is InChI=1S/C14H16N2OS/c17-14(16-10-5-2-1-3-6-10)11-7-4-8-12-13(11)18-9-15-12/h4,7-10H,1-3,5-6H2,(H,16,17). The van der Waals surface area contributed by atoms with Crippen LogP contribution in [0.5, 0.6) is 0 Å². The van der Waals surface area contributed by atoms with Crippen molar-refractivity contribution in [1.82, 2.24) is 10.3 Å². The number of carbonyl (C=O) groups is 1. The quantitative estimate of drug-likeness (QED) is 0.899. The zero-order valence-electron chi connectivity index (χ0n) is 10.2. The first-order chi connectivity index (χ1) is 8.84. The Labute approximate surface area is 110 Å². The van der Waals surface area contributed by atoms with Gasteiger partial charge in [-0.15, -0.1) is 11.3 Å². The van der Waals surface area contributed by atoms with Crippen LogP contribution >= 0.6 is 11.3 Å². The van der Waals surface area contributed by atoms with E-state index in [0.717, 1.165) is 28.6 Å². The van der Waals surface area contributed by atoms with Crippen LogP contribution in [0.2, 0.25) is 0 Å². The fourth-order valence-electron chi connectivity index (χ4n) is 2.58. The highest BCUT2D eigenvalue weighted by Gasteiger charge is 2.18. The summed E-state index contributed by atoms with van der Waals surface area (Å²) >= 11 is 1.53. The zero-order valence-corrected chi connectivity index (χ0v) is 11.0. The molecule has 1 saturated carbocycles. The van der Waals surface area contributed by atoms with E-state index in [1.54, 1.807) is 5.51 Å². The van der Waals surface area contributed by atoms with Crippen LogP contribution in [0.15, 0.2) is 23.7 Å². The molecule has 1 aliphatic rings. The van der Waals surface area contributed by atoms with E-state index in [2.05, 4.69) is 10.3 Å². The van der Waals surface area contributed by atoms with E-state index in [1.165, 1.54) is 30.6 Å². The number of nitrogens with zero attached hydrogens (tertiary/aromatic N) is 1. The molecule has 0 radical (unpaired) electrons. The molecular formula is C14H16N2OS. The molecule has 0 atom stereocenters. The van der Waals surface area contributed by atoms with Gasteiger partial charge >= 0.3 is 0 Å². The van der Waals surface area contributed by atoms with Gasteiger partial charge in [-0.2, -0.15) is 0 Å². The number of fused-ring (bicyclic) bond motifs is 1. The second-order valence-electron chi connectivity index (χ2n) is 4.81. The van der Waals surface area contributed by atoms with Crippen molar-refractivity contribution in [3.63, 3.8) is 0 Å². The summed E-state index contributed by atoms with van der Waals surface area (Å²) < 4.78 is 0.991. The average Bonchev–Trinajstić information content (AvgIpc) is 2.87. The lowest BCUT2D eigenvalue weighted by Gasteiger charge is -2.22. The summed E-state index contributed by atoms with van der Waals surface area (Å²) in [7, 11) is 0. The first kappa shape index (κ1) is 11.7. The van der Waals surface area contributed by atoms with Gasteiger partial charge in [-0.1, -0.05) is 25.3 Å². The summed E-state index contributed by atoms with van der Waals surface area (Å²) in [4.78, 5) is 16.5. The minimum atomic E-state index is 0.0525. The Kier molecular flexibility index (Phi) is 3.28. The van der Waals surface area contributed by atoms with E-state index in [9.17, 15) is 4.79 Å². The van der Waals surface area contributed by atoms with Crippen LogP contribution in [-0.2, 0) is 0 Å². The van der Waals surface area contributed by atoms with Crippen molar-refractivity contribution in [2.75, 3.05) is 0 Å². The highest BCUT2D eigenvalue weighted by Crippen LogP contribution is 2.23. The van der Waals surface area contributed by atoms with Crippen molar-refractivity contribution in [1.29, 1.82) is 0 Å². The molecule has 0 aliphatic heterocycles. The number of carbonyl (C=O) groups excluding carboxylic acids is 1. The Hall–Kier alpha value is -1.42. The van der Waals surface area contributed by atoms with Crippen LogP contribution in [-0.4, -0.2) is 16.9 Å². The second-order valence-corrected chi connectivity index (χ2v) is 5.67. The van der Waals surface area contributed by atoms with E-state index in [0.29, 0.717) is 6.04 Å². The first-order valence-corrected chi connectivity index (χ1v) is 7.35. The van der Waals surface area contributed by atoms with Crippen LogP contribution in [0.25, 0.3) is 10.2 Å². The van der Waals surface area contributed by atoms with Gasteiger partial charge in [0.2, 0.25) is 0 Å². The van der Waals surface area contributed by atoms with Gasteiger partial charge < -0.3 is 5.32 Å². The van der Waals surface area contributed by atoms with E-state index in [1.807, 2.05) is 18.2 Å². The van der Waals surface area contributed by atoms with E-state index in [4.69, 9.17) is 0 Å². The highest BCUT2D eigenvalue weighted by atomic mass is 32.1. The smallest absolute Gasteiger partial charge is 0.253 e. The van der Waals surface area contributed by atoms with Gasteiger partial charge in [0.15, 0.2) is 0 Å². The van der Waals surface area contributed by atoms with Gasteiger partial charge in [0.25, 0.3) is 5.91 Å². The molecule has 0 saturated heterocycles. The van der Waals surface area contributed by atoms with Crippen LogP contribution in [0.4, 0.5) is 0 Å². The minimum Gasteiger partial charge on any atom is -0.349 e. The number of rotatable bonds is 2. The Balaban J connectivity index is 1.81. The number of aromatic nitrogens is 1. The fraction of sp³-hybridized carbons (Fsp3) is 0.429. The van der Waals surface area contributed by atoms with Crippen LogP contribution in [0, 0.1) is 0 Å². The van der Waals surface area contributed by atoms with Crippen LogP contribution < -0.4 is 5.32 Å². The van der Waals surface area contributed by atoms with Crippen LogP contribution in [0.3, 0.4) is 0 Å². The Morgan fingerprint density at radius 1 is 1.28 bits per heavy atom. The summed E-state index contributed by atoms with van der Waals surface area (Å²) in [5.41, 5.74) is 3.47. The predicted octanol–water partition coefficient (Wildman–Crippen LogP) is 3.36.